The Balaban J connectivity index is 2.01. The van der Waals surface area contributed by atoms with Crippen LogP contribution in [-0.4, -0.2) is 21.8 Å². The van der Waals surface area contributed by atoms with Crippen LogP contribution in [-0.2, 0) is 0 Å². The highest BCUT2D eigenvalue weighted by Crippen LogP contribution is 2.21. The third-order valence-corrected chi connectivity index (χ3v) is 3.55. The van der Waals surface area contributed by atoms with Crippen LogP contribution in [0.4, 0.5) is 5.69 Å². The number of para-hydroxylation sites is 1. The summed E-state index contributed by atoms with van der Waals surface area (Å²) in [6.07, 6.45) is 3.67. The maximum Gasteiger partial charge on any atom is 0.278 e. The summed E-state index contributed by atoms with van der Waals surface area (Å²) in [4.78, 5) is 18.9. The molecule has 0 radical (unpaired) electrons. The first kappa shape index (κ1) is 13.4. The third-order valence-electron chi connectivity index (χ3n) is 3.55. The van der Waals surface area contributed by atoms with Crippen molar-refractivity contribution < 1.29 is 4.79 Å². The lowest BCUT2D eigenvalue weighted by atomic mass is 10.1. The molecule has 21 heavy (non-hydrogen) atoms. The number of rotatable bonds is 3. The molecule has 2 aromatic heterocycles. The summed E-state index contributed by atoms with van der Waals surface area (Å²) in [7, 11) is 0. The molecule has 0 spiro atoms. The van der Waals surface area contributed by atoms with Crippen LogP contribution in [0.3, 0.4) is 0 Å². The maximum atomic E-state index is 12.7. The van der Waals surface area contributed by atoms with Crippen molar-refractivity contribution in [2.75, 3.05) is 11.4 Å². The second-order valence-corrected chi connectivity index (χ2v) is 4.93. The fourth-order valence-electron chi connectivity index (χ4n) is 2.47. The average Bonchev–Trinajstić information content (AvgIpc) is 2.93. The quantitative estimate of drug-likeness (QED) is 0.737. The van der Waals surface area contributed by atoms with E-state index in [1.165, 1.54) is 0 Å². The largest absolute Gasteiger partial charge is 0.307 e. The summed E-state index contributed by atoms with van der Waals surface area (Å²) in [5, 5.41) is 0. The monoisotopic (exact) mass is 279 g/mol. The second-order valence-electron chi connectivity index (χ2n) is 4.93. The zero-order valence-corrected chi connectivity index (χ0v) is 12.2. The minimum atomic E-state index is -0.0736. The lowest BCUT2D eigenvalue weighted by Crippen LogP contribution is -2.31. The molecule has 4 heteroatoms. The first-order valence-electron chi connectivity index (χ1n) is 7.02. The summed E-state index contributed by atoms with van der Waals surface area (Å²) in [6, 6.07) is 13.6. The minimum absolute atomic E-state index is 0.0736. The van der Waals surface area contributed by atoms with Gasteiger partial charge in [0.2, 0.25) is 0 Å². The molecule has 0 unspecified atom stereocenters. The molecule has 0 saturated carbocycles. The number of hydrogen-bond donors (Lipinski definition) is 0. The fourth-order valence-corrected chi connectivity index (χ4v) is 2.47. The van der Waals surface area contributed by atoms with E-state index in [4.69, 9.17) is 0 Å². The van der Waals surface area contributed by atoms with E-state index in [1.54, 1.807) is 11.1 Å². The van der Waals surface area contributed by atoms with Crippen LogP contribution in [0.15, 0.2) is 54.9 Å². The number of imidazole rings is 1. The molecule has 2 heterocycles. The van der Waals surface area contributed by atoms with E-state index in [-0.39, 0.29) is 5.91 Å². The summed E-state index contributed by atoms with van der Waals surface area (Å²) in [5.74, 6) is -0.0736. The van der Waals surface area contributed by atoms with Crippen molar-refractivity contribution in [1.82, 2.24) is 9.38 Å². The Hall–Kier alpha value is -2.62. The molecular weight excluding hydrogens is 262 g/mol. The van der Waals surface area contributed by atoms with Crippen molar-refractivity contribution in [1.29, 1.82) is 0 Å². The lowest BCUT2D eigenvalue weighted by molar-refractivity contribution is 0.0984. The Morgan fingerprint density at radius 2 is 1.95 bits per heavy atom. The molecule has 4 nitrogen and oxygen atoms in total. The van der Waals surface area contributed by atoms with Crippen LogP contribution in [0, 0.1) is 6.92 Å². The molecular formula is C17H17N3O. The molecule has 0 bridgehead atoms. The highest BCUT2D eigenvalue weighted by Gasteiger charge is 2.20. The number of aromatic nitrogens is 2. The number of fused-ring (bicyclic) bond motifs is 1. The van der Waals surface area contributed by atoms with Gasteiger partial charge in [0.05, 0.1) is 0 Å². The molecule has 0 saturated heterocycles. The van der Waals surface area contributed by atoms with Gasteiger partial charge in [0.25, 0.3) is 5.91 Å². The summed E-state index contributed by atoms with van der Waals surface area (Å²) in [6.45, 7) is 4.59. The van der Waals surface area contributed by atoms with E-state index in [0.29, 0.717) is 12.2 Å². The van der Waals surface area contributed by atoms with E-state index in [2.05, 4.69) is 4.98 Å². The van der Waals surface area contributed by atoms with Gasteiger partial charge in [0.1, 0.15) is 11.3 Å². The van der Waals surface area contributed by atoms with Crippen LogP contribution in [0.1, 0.15) is 23.0 Å². The molecule has 1 aromatic carbocycles. The normalized spacial score (nSPS) is 10.8. The van der Waals surface area contributed by atoms with Crippen molar-refractivity contribution in [3.8, 4) is 0 Å². The number of anilines is 1. The predicted octanol–water partition coefficient (Wildman–Crippen LogP) is 3.31. The number of hydrogen-bond acceptors (Lipinski definition) is 2. The highest BCUT2D eigenvalue weighted by molar-refractivity contribution is 6.05. The summed E-state index contributed by atoms with van der Waals surface area (Å²) in [5.41, 5.74) is 3.26. The number of amides is 1. The minimum Gasteiger partial charge on any atom is -0.307 e. The Bertz CT molecular complexity index is 758. The zero-order valence-electron chi connectivity index (χ0n) is 12.2. The van der Waals surface area contributed by atoms with Crippen LogP contribution in [0.5, 0.6) is 0 Å². The average molecular weight is 279 g/mol. The standard InChI is InChI=1S/C17H17N3O/c1-3-20(15-9-5-4-8-13(15)2)17(21)14-12-19-11-7-6-10-16(19)18-14/h4-12H,3H2,1-2H3. The van der Waals surface area contributed by atoms with Gasteiger partial charge in [-0.1, -0.05) is 24.3 Å². The number of aryl methyl sites for hydroxylation is 1. The van der Waals surface area contributed by atoms with Crippen molar-refractivity contribution in [3.63, 3.8) is 0 Å². The van der Waals surface area contributed by atoms with Gasteiger partial charge in [-0.25, -0.2) is 4.98 Å². The van der Waals surface area contributed by atoms with Gasteiger partial charge >= 0.3 is 0 Å². The van der Waals surface area contributed by atoms with E-state index in [1.807, 2.05) is 66.9 Å². The highest BCUT2D eigenvalue weighted by atomic mass is 16.2. The number of carbonyl (C=O) groups excluding carboxylic acids is 1. The topological polar surface area (TPSA) is 37.6 Å². The zero-order chi connectivity index (χ0) is 14.8. The number of carbonyl (C=O) groups is 1. The second kappa shape index (κ2) is 5.40. The Morgan fingerprint density at radius 1 is 1.19 bits per heavy atom. The van der Waals surface area contributed by atoms with Crippen LogP contribution in [0.25, 0.3) is 5.65 Å². The van der Waals surface area contributed by atoms with Crippen molar-refractivity contribution in [2.45, 2.75) is 13.8 Å². The number of pyridine rings is 1. The fraction of sp³-hybridized carbons (Fsp3) is 0.176. The molecule has 0 fully saturated rings. The van der Waals surface area contributed by atoms with E-state index < -0.39 is 0 Å². The smallest absolute Gasteiger partial charge is 0.278 e. The molecule has 0 aliphatic rings. The summed E-state index contributed by atoms with van der Waals surface area (Å²) < 4.78 is 1.86. The van der Waals surface area contributed by atoms with Crippen molar-refractivity contribution in [3.05, 3.63) is 66.1 Å². The molecule has 0 aliphatic heterocycles. The first-order chi connectivity index (χ1) is 10.2. The summed E-state index contributed by atoms with van der Waals surface area (Å²) >= 11 is 0. The van der Waals surface area contributed by atoms with E-state index >= 15 is 0 Å². The Morgan fingerprint density at radius 3 is 2.67 bits per heavy atom. The van der Waals surface area contributed by atoms with Crippen LogP contribution < -0.4 is 4.90 Å². The van der Waals surface area contributed by atoms with Gasteiger partial charge in [-0.2, -0.15) is 0 Å². The lowest BCUT2D eigenvalue weighted by Gasteiger charge is -2.21. The van der Waals surface area contributed by atoms with Crippen LogP contribution in [0.2, 0.25) is 0 Å². The van der Waals surface area contributed by atoms with E-state index in [0.717, 1.165) is 16.9 Å². The Kier molecular flexibility index (Phi) is 3.44. The predicted molar refractivity (Wildman–Crippen MR) is 83.7 cm³/mol. The van der Waals surface area contributed by atoms with Gasteiger partial charge in [-0.15, -0.1) is 0 Å². The van der Waals surface area contributed by atoms with Gasteiger partial charge in [-0.05, 0) is 37.6 Å². The number of nitrogens with zero attached hydrogens (tertiary/aromatic N) is 3. The van der Waals surface area contributed by atoms with Gasteiger partial charge in [0, 0.05) is 24.6 Å². The molecule has 1 amide bonds. The van der Waals surface area contributed by atoms with Gasteiger partial charge < -0.3 is 9.30 Å². The third kappa shape index (κ3) is 2.40. The molecule has 3 aromatic rings. The van der Waals surface area contributed by atoms with Gasteiger partial charge in [0.15, 0.2) is 0 Å². The van der Waals surface area contributed by atoms with E-state index in [9.17, 15) is 4.79 Å². The van der Waals surface area contributed by atoms with Crippen molar-refractivity contribution >= 4 is 17.2 Å². The molecule has 0 aliphatic carbocycles. The maximum absolute atomic E-state index is 12.7. The first-order valence-corrected chi connectivity index (χ1v) is 7.02. The molecule has 3 rings (SSSR count). The van der Waals surface area contributed by atoms with Crippen molar-refractivity contribution in [2.24, 2.45) is 0 Å². The van der Waals surface area contributed by atoms with Gasteiger partial charge in [-0.3, -0.25) is 4.79 Å². The molecule has 106 valence electrons. The molecule has 0 N–H and O–H groups in total. The SMILES string of the molecule is CCN(C(=O)c1cn2ccccc2n1)c1ccccc1C. The number of benzene rings is 1. The molecule has 0 atom stereocenters. The Labute approximate surface area is 123 Å². The van der Waals surface area contributed by atoms with Crippen LogP contribution >= 0.6 is 0 Å².